The molecule has 1 N–H and O–H groups in total. The van der Waals surface area contributed by atoms with Gasteiger partial charge in [-0.2, -0.15) is 4.31 Å². The molecule has 0 bridgehead atoms. The first-order valence-electron chi connectivity index (χ1n) is 11.7. The molecule has 9 nitrogen and oxygen atoms in total. The van der Waals surface area contributed by atoms with Gasteiger partial charge in [0.05, 0.1) is 11.4 Å². The van der Waals surface area contributed by atoms with Crippen LogP contribution in [0.4, 0.5) is 5.69 Å². The topological polar surface area (TPSA) is 91.4 Å². The lowest BCUT2D eigenvalue weighted by Crippen LogP contribution is -2.48. The predicted molar refractivity (Wildman–Crippen MR) is 127 cm³/mol. The van der Waals surface area contributed by atoms with Gasteiger partial charge < -0.3 is 14.8 Å². The van der Waals surface area contributed by atoms with Crippen molar-refractivity contribution >= 4 is 21.6 Å². The lowest BCUT2D eigenvalue weighted by Gasteiger charge is -2.34. The first-order chi connectivity index (χ1) is 16.5. The normalized spacial score (nSPS) is 19.4. The number of carbonyl (C=O) groups is 1. The summed E-state index contributed by atoms with van der Waals surface area (Å²) in [7, 11) is -3.51. The van der Waals surface area contributed by atoms with Crippen molar-refractivity contribution in [2.75, 3.05) is 57.9 Å². The van der Waals surface area contributed by atoms with Crippen LogP contribution in [-0.2, 0) is 21.4 Å². The summed E-state index contributed by atoms with van der Waals surface area (Å²) < 4.78 is 37.9. The van der Waals surface area contributed by atoms with Gasteiger partial charge in [-0.05, 0) is 48.7 Å². The Kier molecular flexibility index (Phi) is 6.73. The molecule has 2 aromatic carbocycles. The van der Waals surface area contributed by atoms with Crippen LogP contribution in [0.25, 0.3) is 0 Å². The number of nitrogens with zero attached hydrogens (tertiary/aromatic N) is 3. The molecule has 0 aromatic heterocycles. The molecule has 2 saturated heterocycles. The van der Waals surface area contributed by atoms with Crippen LogP contribution in [0.5, 0.6) is 11.5 Å². The maximum Gasteiger partial charge on any atom is 0.243 e. The Morgan fingerprint density at radius 3 is 2.41 bits per heavy atom. The number of sulfonamides is 1. The zero-order valence-corrected chi connectivity index (χ0v) is 19.9. The minimum atomic E-state index is -3.51. The quantitative estimate of drug-likeness (QED) is 0.640. The van der Waals surface area contributed by atoms with Crippen LogP contribution in [-0.4, -0.2) is 81.0 Å². The van der Waals surface area contributed by atoms with Crippen molar-refractivity contribution in [1.29, 1.82) is 0 Å². The molecular weight excluding hydrogens is 456 g/mol. The molecule has 3 aliphatic heterocycles. The summed E-state index contributed by atoms with van der Waals surface area (Å²) in [4.78, 5) is 17.3. The fourth-order valence-corrected chi connectivity index (χ4v) is 6.18. The molecule has 182 valence electrons. The zero-order chi connectivity index (χ0) is 23.5. The van der Waals surface area contributed by atoms with Crippen LogP contribution in [0.1, 0.15) is 18.4 Å². The third-order valence-electron chi connectivity index (χ3n) is 6.50. The van der Waals surface area contributed by atoms with E-state index in [0.717, 1.165) is 57.1 Å². The van der Waals surface area contributed by atoms with Crippen LogP contribution in [0.15, 0.2) is 47.4 Å². The average Bonchev–Trinajstić information content (AvgIpc) is 3.53. The van der Waals surface area contributed by atoms with Gasteiger partial charge >= 0.3 is 0 Å². The monoisotopic (exact) mass is 486 g/mol. The number of carbonyl (C=O) groups excluding carboxylic acids is 1. The molecular formula is C24H30N4O5S. The Hall–Kier alpha value is -2.66. The number of benzene rings is 2. The van der Waals surface area contributed by atoms with Crippen LogP contribution in [0, 0.1) is 0 Å². The van der Waals surface area contributed by atoms with Crippen LogP contribution in [0.2, 0.25) is 0 Å². The summed E-state index contributed by atoms with van der Waals surface area (Å²) >= 11 is 0. The van der Waals surface area contributed by atoms with Crippen molar-refractivity contribution in [3.05, 3.63) is 48.0 Å². The Balaban J connectivity index is 1.11. The molecule has 0 spiro atoms. The van der Waals surface area contributed by atoms with Crippen molar-refractivity contribution in [2.45, 2.75) is 24.3 Å². The van der Waals surface area contributed by atoms with Gasteiger partial charge in [-0.25, -0.2) is 8.42 Å². The van der Waals surface area contributed by atoms with E-state index in [-0.39, 0.29) is 24.1 Å². The molecule has 5 rings (SSSR count). The van der Waals surface area contributed by atoms with Crippen molar-refractivity contribution in [3.63, 3.8) is 0 Å². The Bertz CT molecular complexity index is 1140. The molecule has 3 aliphatic rings. The largest absolute Gasteiger partial charge is 0.454 e. The van der Waals surface area contributed by atoms with Gasteiger partial charge in [0, 0.05) is 51.5 Å². The van der Waals surface area contributed by atoms with Gasteiger partial charge in [0.1, 0.15) is 0 Å². The summed E-state index contributed by atoms with van der Waals surface area (Å²) in [6.07, 6.45) is 1.78. The molecule has 0 aliphatic carbocycles. The summed E-state index contributed by atoms with van der Waals surface area (Å²) in [6.45, 7) is 5.81. The van der Waals surface area contributed by atoms with Crippen LogP contribution < -0.4 is 14.8 Å². The zero-order valence-electron chi connectivity index (χ0n) is 19.1. The average molecular weight is 487 g/mol. The summed E-state index contributed by atoms with van der Waals surface area (Å²) in [5, 5.41) is 2.86. The number of piperazine rings is 1. The van der Waals surface area contributed by atoms with E-state index in [2.05, 4.69) is 21.2 Å². The number of rotatable bonds is 7. The van der Waals surface area contributed by atoms with E-state index in [1.165, 1.54) is 9.87 Å². The van der Waals surface area contributed by atoms with E-state index in [9.17, 15) is 13.2 Å². The summed E-state index contributed by atoms with van der Waals surface area (Å²) in [6, 6.07) is 12.6. The predicted octanol–water partition coefficient (Wildman–Crippen LogP) is 1.96. The highest BCUT2D eigenvalue weighted by molar-refractivity contribution is 7.89. The fourth-order valence-electron chi connectivity index (χ4n) is 4.62. The van der Waals surface area contributed by atoms with Crippen LogP contribution in [0.3, 0.4) is 0 Å². The third kappa shape index (κ3) is 5.20. The SMILES string of the molecule is O=C(CN1CCN(Cc2ccc3c(c2)OCO3)CC1)Nc1cccc(S(=O)(=O)N2CCCC2)c1. The lowest BCUT2D eigenvalue weighted by atomic mass is 10.1. The van der Waals surface area contributed by atoms with Gasteiger partial charge in [-0.3, -0.25) is 14.6 Å². The van der Waals surface area contributed by atoms with Crippen molar-refractivity contribution in [1.82, 2.24) is 14.1 Å². The maximum atomic E-state index is 12.8. The molecule has 1 amide bonds. The third-order valence-corrected chi connectivity index (χ3v) is 8.39. The van der Waals surface area contributed by atoms with E-state index in [4.69, 9.17) is 9.47 Å². The smallest absolute Gasteiger partial charge is 0.243 e. The molecule has 0 unspecified atom stereocenters. The number of fused-ring (bicyclic) bond motifs is 1. The Morgan fingerprint density at radius 1 is 0.882 bits per heavy atom. The number of anilines is 1. The second-order valence-corrected chi connectivity index (χ2v) is 10.9. The highest BCUT2D eigenvalue weighted by atomic mass is 32.2. The highest BCUT2D eigenvalue weighted by Gasteiger charge is 2.27. The minimum Gasteiger partial charge on any atom is -0.454 e. The van der Waals surface area contributed by atoms with Gasteiger partial charge in [0.2, 0.25) is 22.7 Å². The second kappa shape index (κ2) is 9.91. The van der Waals surface area contributed by atoms with E-state index in [0.29, 0.717) is 18.8 Å². The molecule has 2 aromatic rings. The molecule has 0 atom stereocenters. The first-order valence-corrected chi connectivity index (χ1v) is 13.1. The van der Waals surface area contributed by atoms with E-state index >= 15 is 0 Å². The van der Waals surface area contributed by atoms with E-state index in [1.807, 2.05) is 12.1 Å². The van der Waals surface area contributed by atoms with Gasteiger partial charge in [0.15, 0.2) is 11.5 Å². The van der Waals surface area contributed by atoms with Crippen molar-refractivity contribution in [2.24, 2.45) is 0 Å². The minimum absolute atomic E-state index is 0.139. The molecule has 0 radical (unpaired) electrons. The second-order valence-electron chi connectivity index (χ2n) is 8.93. The summed E-state index contributed by atoms with van der Waals surface area (Å²) in [5.41, 5.74) is 1.69. The Labute approximate surface area is 200 Å². The lowest BCUT2D eigenvalue weighted by molar-refractivity contribution is -0.117. The standard InChI is InChI=1S/C24H30N4O5S/c29-24(25-20-4-3-5-21(15-20)34(30,31)28-8-1-2-9-28)17-27-12-10-26(11-13-27)16-19-6-7-22-23(14-19)33-18-32-22/h3-7,14-15H,1-2,8-13,16-18H2,(H,25,29). The Morgan fingerprint density at radius 2 is 1.62 bits per heavy atom. The van der Waals surface area contributed by atoms with E-state index < -0.39 is 10.0 Å². The number of hydrogen-bond donors (Lipinski definition) is 1. The number of ether oxygens (including phenoxy) is 2. The van der Waals surface area contributed by atoms with Gasteiger partial charge in [0.25, 0.3) is 0 Å². The number of nitrogens with one attached hydrogen (secondary N) is 1. The van der Waals surface area contributed by atoms with E-state index in [1.54, 1.807) is 24.3 Å². The molecule has 3 heterocycles. The van der Waals surface area contributed by atoms with Gasteiger partial charge in [-0.15, -0.1) is 0 Å². The molecule has 0 saturated carbocycles. The fraction of sp³-hybridized carbons (Fsp3) is 0.458. The van der Waals surface area contributed by atoms with Crippen molar-refractivity contribution < 1.29 is 22.7 Å². The molecule has 10 heteroatoms. The van der Waals surface area contributed by atoms with Gasteiger partial charge in [-0.1, -0.05) is 12.1 Å². The summed E-state index contributed by atoms with van der Waals surface area (Å²) in [5.74, 6) is 1.45. The highest BCUT2D eigenvalue weighted by Crippen LogP contribution is 2.33. The molecule has 34 heavy (non-hydrogen) atoms. The first kappa shape index (κ1) is 23.1. The number of amides is 1. The van der Waals surface area contributed by atoms with Crippen molar-refractivity contribution in [3.8, 4) is 11.5 Å². The maximum absolute atomic E-state index is 12.8. The van der Waals surface area contributed by atoms with Crippen LogP contribution >= 0.6 is 0 Å². The number of hydrogen-bond acceptors (Lipinski definition) is 7. The molecule has 2 fully saturated rings.